The molecule has 2 heteroatoms. The van der Waals surface area contributed by atoms with Crippen LogP contribution in [0.25, 0.3) is 0 Å². The van der Waals surface area contributed by atoms with E-state index in [0.29, 0.717) is 6.04 Å². The van der Waals surface area contributed by atoms with E-state index >= 15 is 0 Å². The highest BCUT2D eigenvalue weighted by Gasteiger charge is 2.11. The standard InChI is InChI=1S/C8H15NO/c1-6-4-5-7(2)10-8(3)9-6/h4-9H,1-3H3. The van der Waals surface area contributed by atoms with Crippen molar-refractivity contribution in [2.45, 2.75) is 39.1 Å². The third-order valence-electron chi connectivity index (χ3n) is 1.59. The van der Waals surface area contributed by atoms with Crippen LogP contribution in [0.3, 0.4) is 0 Å². The molecule has 0 spiro atoms. The molecule has 0 radical (unpaired) electrons. The maximum atomic E-state index is 5.48. The molecule has 0 saturated heterocycles. The van der Waals surface area contributed by atoms with Crippen LogP contribution in [0.15, 0.2) is 12.2 Å². The van der Waals surface area contributed by atoms with Crippen LogP contribution < -0.4 is 5.32 Å². The highest BCUT2D eigenvalue weighted by Crippen LogP contribution is 2.04. The Labute approximate surface area is 62.3 Å². The van der Waals surface area contributed by atoms with Gasteiger partial charge in [0.2, 0.25) is 0 Å². The maximum absolute atomic E-state index is 5.48. The van der Waals surface area contributed by atoms with E-state index in [0.717, 1.165) is 0 Å². The average Bonchev–Trinajstić information content (AvgIpc) is 1.93. The highest BCUT2D eigenvalue weighted by molar-refractivity contribution is 4.97. The molecule has 1 aliphatic rings. The van der Waals surface area contributed by atoms with Gasteiger partial charge < -0.3 is 4.74 Å². The van der Waals surface area contributed by atoms with Crippen LogP contribution >= 0.6 is 0 Å². The van der Waals surface area contributed by atoms with Gasteiger partial charge in [0, 0.05) is 6.04 Å². The highest BCUT2D eigenvalue weighted by atomic mass is 16.5. The predicted octanol–water partition coefficient (Wildman–Crippen LogP) is 1.29. The van der Waals surface area contributed by atoms with Crippen LogP contribution in [0.5, 0.6) is 0 Å². The first kappa shape index (κ1) is 7.76. The lowest BCUT2D eigenvalue weighted by molar-refractivity contribution is 0.0160. The molecule has 0 bridgehead atoms. The van der Waals surface area contributed by atoms with Crippen molar-refractivity contribution in [1.29, 1.82) is 0 Å². The first-order valence-corrected chi connectivity index (χ1v) is 3.78. The van der Waals surface area contributed by atoms with Gasteiger partial charge in [0.1, 0.15) is 6.23 Å². The zero-order valence-corrected chi connectivity index (χ0v) is 6.79. The minimum atomic E-state index is 0.167. The number of hydrogen-bond donors (Lipinski definition) is 1. The van der Waals surface area contributed by atoms with E-state index < -0.39 is 0 Å². The lowest BCUT2D eigenvalue weighted by atomic mass is 10.3. The second-order valence-electron chi connectivity index (χ2n) is 2.82. The summed E-state index contributed by atoms with van der Waals surface area (Å²) in [4.78, 5) is 0. The molecule has 0 fully saturated rings. The monoisotopic (exact) mass is 141 g/mol. The molecule has 0 aromatic carbocycles. The van der Waals surface area contributed by atoms with E-state index in [2.05, 4.69) is 24.4 Å². The second-order valence-corrected chi connectivity index (χ2v) is 2.82. The first-order valence-electron chi connectivity index (χ1n) is 3.78. The fourth-order valence-electron chi connectivity index (χ4n) is 1.16. The largest absolute Gasteiger partial charge is 0.357 e. The van der Waals surface area contributed by atoms with E-state index in [1.165, 1.54) is 0 Å². The summed E-state index contributed by atoms with van der Waals surface area (Å²) >= 11 is 0. The quantitative estimate of drug-likeness (QED) is 0.513. The SMILES string of the molecule is CC1C=CC(C)OC(C)N1. The summed E-state index contributed by atoms with van der Waals surface area (Å²) in [6.45, 7) is 6.20. The third kappa shape index (κ3) is 2.12. The van der Waals surface area contributed by atoms with Crippen LogP contribution in [0, 0.1) is 0 Å². The van der Waals surface area contributed by atoms with Gasteiger partial charge in [-0.05, 0) is 20.8 Å². The Morgan fingerprint density at radius 3 is 2.60 bits per heavy atom. The van der Waals surface area contributed by atoms with Gasteiger partial charge in [-0.3, -0.25) is 5.32 Å². The zero-order valence-electron chi connectivity index (χ0n) is 6.79. The summed E-state index contributed by atoms with van der Waals surface area (Å²) in [5, 5.41) is 3.26. The third-order valence-corrected chi connectivity index (χ3v) is 1.59. The summed E-state index contributed by atoms with van der Waals surface area (Å²) in [5.41, 5.74) is 0. The van der Waals surface area contributed by atoms with Crippen LogP contribution in [-0.2, 0) is 4.74 Å². The lowest BCUT2D eigenvalue weighted by Crippen LogP contribution is -2.34. The van der Waals surface area contributed by atoms with Crippen molar-refractivity contribution in [3.05, 3.63) is 12.2 Å². The average molecular weight is 141 g/mol. The Bertz CT molecular complexity index is 119. The molecule has 0 aliphatic carbocycles. The molecular formula is C8H15NO. The summed E-state index contributed by atoms with van der Waals surface area (Å²) in [5.74, 6) is 0. The van der Waals surface area contributed by atoms with E-state index in [1.54, 1.807) is 0 Å². The summed E-state index contributed by atoms with van der Waals surface area (Å²) in [6.07, 6.45) is 4.63. The molecule has 3 atom stereocenters. The van der Waals surface area contributed by atoms with Crippen molar-refractivity contribution < 1.29 is 4.74 Å². The topological polar surface area (TPSA) is 21.3 Å². The second kappa shape index (κ2) is 3.17. The van der Waals surface area contributed by atoms with Gasteiger partial charge in [0.15, 0.2) is 0 Å². The van der Waals surface area contributed by atoms with Crippen molar-refractivity contribution in [3.63, 3.8) is 0 Å². The summed E-state index contributed by atoms with van der Waals surface area (Å²) in [6, 6.07) is 0.431. The van der Waals surface area contributed by atoms with Gasteiger partial charge >= 0.3 is 0 Å². The zero-order chi connectivity index (χ0) is 7.56. The molecule has 1 heterocycles. The van der Waals surface area contributed by atoms with Crippen LogP contribution in [0.1, 0.15) is 20.8 Å². The van der Waals surface area contributed by atoms with Crippen molar-refractivity contribution in [2.75, 3.05) is 0 Å². The van der Waals surface area contributed by atoms with Crippen molar-refractivity contribution in [1.82, 2.24) is 5.32 Å². The Kier molecular flexibility index (Phi) is 2.46. The van der Waals surface area contributed by atoms with E-state index in [1.807, 2.05) is 13.8 Å². The first-order chi connectivity index (χ1) is 4.68. The van der Waals surface area contributed by atoms with Gasteiger partial charge in [-0.15, -0.1) is 0 Å². The molecule has 0 amide bonds. The number of nitrogens with one attached hydrogen (secondary N) is 1. The molecule has 2 nitrogen and oxygen atoms in total. The number of ether oxygens (including phenoxy) is 1. The molecule has 1 N–H and O–H groups in total. The molecular weight excluding hydrogens is 126 g/mol. The van der Waals surface area contributed by atoms with Gasteiger partial charge in [-0.1, -0.05) is 12.2 Å². The molecule has 3 unspecified atom stereocenters. The Morgan fingerprint density at radius 1 is 1.20 bits per heavy atom. The fourth-order valence-corrected chi connectivity index (χ4v) is 1.16. The smallest absolute Gasteiger partial charge is 0.106 e. The number of hydrogen-bond acceptors (Lipinski definition) is 2. The van der Waals surface area contributed by atoms with Crippen LogP contribution in [-0.4, -0.2) is 18.4 Å². The fraction of sp³-hybridized carbons (Fsp3) is 0.750. The van der Waals surface area contributed by atoms with Crippen molar-refractivity contribution in [2.24, 2.45) is 0 Å². The maximum Gasteiger partial charge on any atom is 0.106 e. The van der Waals surface area contributed by atoms with Crippen LogP contribution in [0.2, 0.25) is 0 Å². The van der Waals surface area contributed by atoms with E-state index in [-0.39, 0.29) is 12.3 Å². The van der Waals surface area contributed by atoms with Gasteiger partial charge in [-0.2, -0.15) is 0 Å². The Morgan fingerprint density at radius 2 is 1.90 bits per heavy atom. The molecule has 58 valence electrons. The normalized spacial score (nSPS) is 41.3. The van der Waals surface area contributed by atoms with Gasteiger partial charge in [-0.25, -0.2) is 0 Å². The molecule has 0 aromatic heterocycles. The van der Waals surface area contributed by atoms with E-state index in [9.17, 15) is 0 Å². The Hall–Kier alpha value is -0.340. The summed E-state index contributed by atoms with van der Waals surface area (Å²) in [7, 11) is 0. The lowest BCUT2D eigenvalue weighted by Gasteiger charge is -2.16. The van der Waals surface area contributed by atoms with Gasteiger partial charge in [0.05, 0.1) is 6.10 Å². The molecule has 10 heavy (non-hydrogen) atoms. The molecule has 0 aromatic rings. The van der Waals surface area contributed by atoms with Gasteiger partial charge in [0.25, 0.3) is 0 Å². The summed E-state index contributed by atoms with van der Waals surface area (Å²) < 4.78 is 5.48. The van der Waals surface area contributed by atoms with Crippen molar-refractivity contribution in [3.8, 4) is 0 Å². The molecule has 1 aliphatic heterocycles. The minimum Gasteiger partial charge on any atom is -0.357 e. The van der Waals surface area contributed by atoms with Crippen molar-refractivity contribution >= 4 is 0 Å². The predicted molar refractivity (Wildman–Crippen MR) is 41.7 cm³/mol. The molecule has 0 saturated carbocycles. The molecule has 1 rings (SSSR count). The Balaban J connectivity index is 2.51. The van der Waals surface area contributed by atoms with E-state index in [4.69, 9.17) is 4.74 Å². The number of rotatable bonds is 0. The minimum absolute atomic E-state index is 0.167. The van der Waals surface area contributed by atoms with Crippen LogP contribution in [0.4, 0.5) is 0 Å².